The summed E-state index contributed by atoms with van der Waals surface area (Å²) in [6.45, 7) is 27.0. The van der Waals surface area contributed by atoms with Crippen molar-refractivity contribution in [2.24, 2.45) is 34.0 Å². The Morgan fingerprint density at radius 1 is 0.650 bits per heavy atom. The normalized spacial score (nSPS) is 18.8. The predicted molar refractivity (Wildman–Crippen MR) is 94.0 cm³/mol. The third kappa shape index (κ3) is 3.42. The first-order valence-corrected chi connectivity index (χ1v) is 8.90. The Hall–Kier alpha value is 0. The van der Waals surface area contributed by atoms with Gasteiger partial charge in [-0.2, -0.15) is 0 Å². The fourth-order valence-electron chi connectivity index (χ4n) is 5.46. The van der Waals surface area contributed by atoms with Crippen LogP contribution in [0, 0.1) is 34.0 Å². The maximum Gasteiger partial charge on any atom is -0.0170 e. The minimum absolute atomic E-state index is 0.331. The fourth-order valence-corrected chi connectivity index (χ4v) is 5.46. The Labute approximate surface area is 130 Å². The summed E-state index contributed by atoms with van der Waals surface area (Å²) in [5.74, 6) is 2.38. The zero-order valence-electron chi connectivity index (χ0n) is 16.4. The minimum atomic E-state index is 0.331. The van der Waals surface area contributed by atoms with E-state index in [1.165, 1.54) is 19.3 Å². The van der Waals surface area contributed by atoms with Gasteiger partial charge in [0.15, 0.2) is 0 Å². The van der Waals surface area contributed by atoms with Crippen LogP contribution in [0.4, 0.5) is 0 Å². The van der Waals surface area contributed by atoms with E-state index < -0.39 is 0 Å². The molecule has 0 N–H and O–H groups in total. The van der Waals surface area contributed by atoms with Gasteiger partial charge in [0.2, 0.25) is 0 Å². The molecule has 0 rings (SSSR count). The van der Waals surface area contributed by atoms with Crippen LogP contribution in [0.2, 0.25) is 0 Å². The Bertz CT molecular complexity index is 249. The van der Waals surface area contributed by atoms with Crippen LogP contribution in [0.1, 0.15) is 95.4 Å². The van der Waals surface area contributed by atoms with Crippen molar-refractivity contribution in [3.63, 3.8) is 0 Å². The highest BCUT2D eigenvalue weighted by Crippen LogP contribution is 2.62. The van der Waals surface area contributed by atoms with Crippen molar-refractivity contribution in [1.29, 1.82) is 0 Å². The molecule has 0 aromatic heterocycles. The molecule has 0 heteroatoms. The standard InChI is InChI=1S/C20H42/c1-12-15(4)17(16(5)13-2)20(14-3,18(6,7)8)19(9,10)11/h15-17H,12-14H2,1-11H3. The van der Waals surface area contributed by atoms with Gasteiger partial charge in [-0.05, 0) is 40.4 Å². The maximum absolute atomic E-state index is 2.48. The Morgan fingerprint density at radius 2 is 0.950 bits per heavy atom. The molecule has 0 nitrogen and oxygen atoms in total. The molecule has 0 aromatic rings. The van der Waals surface area contributed by atoms with E-state index in [0.29, 0.717) is 16.2 Å². The van der Waals surface area contributed by atoms with Crippen LogP contribution in [0.3, 0.4) is 0 Å². The van der Waals surface area contributed by atoms with Crippen LogP contribution in [0.25, 0.3) is 0 Å². The van der Waals surface area contributed by atoms with Gasteiger partial charge in [-0.15, -0.1) is 0 Å². The Morgan fingerprint density at radius 3 is 1.10 bits per heavy atom. The maximum atomic E-state index is 2.48. The van der Waals surface area contributed by atoms with Gasteiger partial charge in [0, 0.05) is 0 Å². The summed E-state index contributed by atoms with van der Waals surface area (Å²) in [7, 11) is 0. The molecule has 0 heterocycles. The topological polar surface area (TPSA) is 0 Å². The molecule has 0 bridgehead atoms. The van der Waals surface area contributed by atoms with Crippen molar-refractivity contribution < 1.29 is 0 Å². The summed E-state index contributed by atoms with van der Waals surface area (Å²) < 4.78 is 0. The number of hydrogen-bond donors (Lipinski definition) is 0. The molecule has 20 heavy (non-hydrogen) atoms. The van der Waals surface area contributed by atoms with E-state index in [4.69, 9.17) is 0 Å². The van der Waals surface area contributed by atoms with Crippen LogP contribution in [-0.2, 0) is 0 Å². The highest BCUT2D eigenvalue weighted by Gasteiger charge is 2.55. The minimum Gasteiger partial charge on any atom is -0.0651 e. The second kappa shape index (κ2) is 6.84. The van der Waals surface area contributed by atoms with Crippen LogP contribution in [-0.4, -0.2) is 0 Å². The summed E-state index contributed by atoms with van der Waals surface area (Å²) in [5, 5.41) is 0. The lowest BCUT2D eigenvalue weighted by Gasteiger charge is -2.61. The summed E-state index contributed by atoms with van der Waals surface area (Å²) >= 11 is 0. The van der Waals surface area contributed by atoms with Crippen LogP contribution < -0.4 is 0 Å². The molecule has 2 unspecified atom stereocenters. The van der Waals surface area contributed by atoms with Crippen molar-refractivity contribution in [3.8, 4) is 0 Å². The largest absolute Gasteiger partial charge is 0.0651 e. The number of hydrogen-bond acceptors (Lipinski definition) is 0. The zero-order valence-corrected chi connectivity index (χ0v) is 16.4. The molecule has 0 aromatic carbocycles. The average molecular weight is 283 g/mol. The SMILES string of the molecule is CCC(C)C(C(C)CC)C(CC)(C(C)(C)C)C(C)(C)C. The molecule has 0 saturated carbocycles. The predicted octanol–water partition coefficient (Wildman–Crippen LogP) is 7.18. The first-order chi connectivity index (χ1) is 8.90. The molecule has 0 aliphatic carbocycles. The van der Waals surface area contributed by atoms with Gasteiger partial charge < -0.3 is 0 Å². The second-order valence-electron chi connectivity index (χ2n) is 9.12. The summed E-state index contributed by atoms with van der Waals surface area (Å²) in [6, 6.07) is 0. The van der Waals surface area contributed by atoms with E-state index in [9.17, 15) is 0 Å². The Kier molecular flexibility index (Phi) is 6.84. The third-order valence-electron chi connectivity index (χ3n) is 6.32. The van der Waals surface area contributed by atoms with E-state index in [-0.39, 0.29) is 0 Å². The van der Waals surface area contributed by atoms with E-state index in [2.05, 4.69) is 76.2 Å². The zero-order chi connectivity index (χ0) is 16.4. The summed E-state index contributed by atoms with van der Waals surface area (Å²) in [5.41, 5.74) is 1.04. The van der Waals surface area contributed by atoms with Crippen molar-refractivity contribution in [3.05, 3.63) is 0 Å². The van der Waals surface area contributed by atoms with E-state index in [1.54, 1.807) is 0 Å². The summed E-state index contributed by atoms with van der Waals surface area (Å²) in [4.78, 5) is 0. The van der Waals surface area contributed by atoms with Gasteiger partial charge >= 0.3 is 0 Å². The first-order valence-electron chi connectivity index (χ1n) is 8.90. The van der Waals surface area contributed by atoms with Crippen LogP contribution in [0.5, 0.6) is 0 Å². The molecule has 0 spiro atoms. The average Bonchev–Trinajstić information content (AvgIpc) is 2.30. The highest BCUT2D eigenvalue weighted by atomic mass is 14.6. The molecule has 0 radical (unpaired) electrons. The van der Waals surface area contributed by atoms with Crippen LogP contribution >= 0.6 is 0 Å². The van der Waals surface area contributed by atoms with Crippen molar-refractivity contribution in [2.45, 2.75) is 95.4 Å². The summed E-state index contributed by atoms with van der Waals surface area (Å²) in [6.07, 6.45) is 3.87. The molecule has 0 aliphatic rings. The fraction of sp³-hybridized carbons (Fsp3) is 1.00. The smallest absolute Gasteiger partial charge is 0.0170 e. The quantitative estimate of drug-likeness (QED) is 0.484. The first kappa shape index (κ1) is 20.0. The lowest BCUT2D eigenvalue weighted by atomic mass is 9.44. The van der Waals surface area contributed by atoms with Gasteiger partial charge in [0.25, 0.3) is 0 Å². The highest BCUT2D eigenvalue weighted by molar-refractivity contribution is 5.04. The van der Waals surface area contributed by atoms with Gasteiger partial charge in [-0.25, -0.2) is 0 Å². The van der Waals surface area contributed by atoms with E-state index >= 15 is 0 Å². The Balaban J connectivity index is 6.17. The van der Waals surface area contributed by atoms with Gasteiger partial charge in [-0.3, -0.25) is 0 Å². The lowest BCUT2D eigenvalue weighted by molar-refractivity contribution is -0.126. The molecule has 0 saturated heterocycles. The molecule has 0 fully saturated rings. The monoisotopic (exact) mass is 282 g/mol. The number of rotatable bonds is 6. The molecule has 0 amide bonds. The molecule has 2 atom stereocenters. The molecular formula is C20H42. The van der Waals surface area contributed by atoms with Crippen molar-refractivity contribution in [2.75, 3.05) is 0 Å². The molecule has 0 aliphatic heterocycles. The van der Waals surface area contributed by atoms with Crippen molar-refractivity contribution in [1.82, 2.24) is 0 Å². The van der Waals surface area contributed by atoms with Gasteiger partial charge in [-0.1, -0.05) is 89.0 Å². The van der Waals surface area contributed by atoms with Crippen molar-refractivity contribution >= 4 is 0 Å². The van der Waals surface area contributed by atoms with Crippen LogP contribution in [0.15, 0.2) is 0 Å². The van der Waals surface area contributed by atoms with Gasteiger partial charge in [0.05, 0.1) is 0 Å². The van der Waals surface area contributed by atoms with E-state index in [1.807, 2.05) is 0 Å². The van der Waals surface area contributed by atoms with E-state index in [0.717, 1.165) is 17.8 Å². The molecular weight excluding hydrogens is 240 g/mol. The molecule has 122 valence electrons. The lowest BCUT2D eigenvalue weighted by Crippen LogP contribution is -2.54. The van der Waals surface area contributed by atoms with Gasteiger partial charge in [0.1, 0.15) is 0 Å². The third-order valence-corrected chi connectivity index (χ3v) is 6.32. The second-order valence-corrected chi connectivity index (χ2v) is 9.12.